The third kappa shape index (κ3) is 4.16. The van der Waals surface area contributed by atoms with E-state index < -0.39 is 10.0 Å². The lowest BCUT2D eigenvalue weighted by molar-refractivity contribution is -0.137. The summed E-state index contributed by atoms with van der Waals surface area (Å²) in [5, 5.41) is 0. The highest BCUT2D eigenvalue weighted by Crippen LogP contribution is 2.23. The molecule has 1 aromatic heterocycles. The molecule has 1 atom stereocenters. The summed E-state index contributed by atoms with van der Waals surface area (Å²) in [7, 11) is -3.22. The summed E-state index contributed by atoms with van der Waals surface area (Å²) in [6, 6.07) is 3.72. The van der Waals surface area contributed by atoms with Crippen LogP contribution in [0.15, 0.2) is 24.5 Å². The highest BCUT2D eigenvalue weighted by atomic mass is 32.2. The summed E-state index contributed by atoms with van der Waals surface area (Å²) in [6.45, 7) is 2.23. The maximum absolute atomic E-state index is 12.7. The van der Waals surface area contributed by atoms with E-state index in [-0.39, 0.29) is 24.2 Å². The topological polar surface area (TPSA) is 90.9 Å². The molecule has 0 N–H and O–H groups in total. The van der Waals surface area contributed by atoms with E-state index >= 15 is 0 Å². The Kier molecular flexibility index (Phi) is 5.05. The number of sulfonamides is 1. The fourth-order valence-corrected chi connectivity index (χ4v) is 4.13. The van der Waals surface area contributed by atoms with Crippen molar-refractivity contribution in [3.8, 4) is 0 Å². The molecule has 1 aromatic rings. The molecule has 2 aliphatic heterocycles. The van der Waals surface area contributed by atoms with E-state index in [1.165, 1.54) is 10.6 Å². The van der Waals surface area contributed by atoms with Gasteiger partial charge in [0.2, 0.25) is 21.8 Å². The highest BCUT2D eigenvalue weighted by molar-refractivity contribution is 7.88. The molecule has 3 rings (SSSR count). The van der Waals surface area contributed by atoms with Gasteiger partial charge < -0.3 is 9.80 Å². The quantitative estimate of drug-likeness (QED) is 0.719. The summed E-state index contributed by atoms with van der Waals surface area (Å²) in [5.41, 5.74) is 0.936. The van der Waals surface area contributed by atoms with Gasteiger partial charge in [-0.2, -0.15) is 4.31 Å². The van der Waals surface area contributed by atoms with Gasteiger partial charge in [-0.15, -0.1) is 0 Å². The molecule has 2 fully saturated rings. The number of pyridine rings is 1. The van der Waals surface area contributed by atoms with E-state index in [1.807, 2.05) is 12.1 Å². The number of aromatic nitrogens is 1. The normalized spacial score (nSPS) is 22.4. The standard InChI is InChI=1S/C16H22N4O4S/c1-25(23,24)20-7-5-18(6-8-20)16(22)14-9-15(21)19(12-14)11-13-3-2-4-17-10-13/h2-4,10,14H,5-9,11-12H2,1H3/t14-/m0/s1. The zero-order valence-corrected chi connectivity index (χ0v) is 15.0. The first-order valence-corrected chi connectivity index (χ1v) is 10.1. The predicted molar refractivity (Wildman–Crippen MR) is 90.8 cm³/mol. The van der Waals surface area contributed by atoms with Gasteiger partial charge in [0.25, 0.3) is 0 Å². The molecule has 2 saturated heterocycles. The van der Waals surface area contributed by atoms with Gasteiger partial charge in [0.1, 0.15) is 0 Å². The maximum Gasteiger partial charge on any atom is 0.228 e. The van der Waals surface area contributed by atoms with E-state index in [0.717, 1.165) is 5.56 Å². The molecule has 0 radical (unpaired) electrons. The van der Waals surface area contributed by atoms with Crippen molar-refractivity contribution in [2.24, 2.45) is 5.92 Å². The SMILES string of the molecule is CS(=O)(=O)N1CCN(C(=O)[C@H]2CC(=O)N(Cc3cccnc3)C2)CC1. The van der Waals surface area contributed by atoms with E-state index in [4.69, 9.17) is 0 Å². The Hall–Kier alpha value is -2.00. The van der Waals surface area contributed by atoms with Crippen molar-refractivity contribution in [2.45, 2.75) is 13.0 Å². The lowest BCUT2D eigenvalue weighted by atomic mass is 10.1. The Morgan fingerprint density at radius 3 is 2.60 bits per heavy atom. The average molecular weight is 366 g/mol. The molecule has 136 valence electrons. The molecular weight excluding hydrogens is 344 g/mol. The molecule has 3 heterocycles. The largest absolute Gasteiger partial charge is 0.340 e. The minimum Gasteiger partial charge on any atom is -0.340 e. The minimum absolute atomic E-state index is 0.0306. The molecule has 0 saturated carbocycles. The minimum atomic E-state index is -3.22. The van der Waals surface area contributed by atoms with Crippen LogP contribution in [0.25, 0.3) is 0 Å². The summed E-state index contributed by atoms with van der Waals surface area (Å²) >= 11 is 0. The Morgan fingerprint density at radius 1 is 1.28 bits per heavy atom. The second-order valence-electron chi connectivity index (χ2n) is 6.52. The van der Waals surface area contributed by atoms with Gasteiger partial charge in [0.15, 0.2) is 0 Å². The van der Waals surface area contributed by atoms with Crippen LogP contribution in [0.1, 0.15) is 12.0 Å². The van der Waals surface area contributed by atoms with Gasteiger partial charge in [-0.05, 0) is 11.6 Å². The summed E-state index contributed by atoms with van der Waals surface area (Å²) in [6.07, 6.45) is 4.78. The first-order chi connectivity index (χ1) is 11.8. The smallest absolute Gasteiger partial charge is 0.228 e. The number of hydrogen-bond donors (Lipinski definition) is 0. The molecular formula is C16H22N4O4S. The second-order valence-corrected chi connectivity index (χ2v) is 8.51. The van der Waals surface area contributed by atoms with E-state index in [0.29, 0.717) is 39.3 Å². The van der Waals surface area contributed by atoms with Crippen molar-refractivity contribution in [2.75, 3.05) is 39.0 Å². The van der Waals surface area contributed by atoms with Crippen LogP contribution in [-0.4, -0.2) is 78.3 Å². The molecule has 8 nitrogen and oxygen atoms in total. The van der Waals surface area contributed by atoms with Gasteiger partial charge in [-0.3, -0.25) is 14.6 Å². The van der Waals surface area contributed by atoms with Crippen molar-refractivity contribution >= 4 is 21.8 Å². The number of carbonyl (C=O) groups excluding carboxylic acids is 2. The number of likely N-dealkylation sites (tertiary alicyclic amines) is 1. The van der Waals surface area contributed by atoms with Gasteiger partial charge in [-0.1, -0.05) is 6.07 Å². The lowest BCUT2D eigenvalue weighted by Gasteiger charge is -2.34. The fourth-order valence-electron chi connectivity index (χ4n) is 3.30. The molecule has 9 heteroatoms. The molecule has 2 aliphatic rings. The number of carbonyl (C=O) groups is 2. The number of amides is 2. The number of piperazine rings is 1. The monoisotopic (exact) mass is 366 g/mol. The van der Waals surface area contributed by atoms with E-state index in [1.54, 1.807) is 22.2 Å². The van der Waals surface area contributed by atoms with Crippen molar-refractivity contribution < 1.29 is 18.0 Å². The van der Waals surface area contributed by atoms with Crippen LogP contribution in [0.4, 0.5) is 0 Å². The first-order valence-electron chi connectivity index (χ1n) is 8.25. The first kappa shape index (κ1) is 17.8. The van der Waals surface area contributed by atoms with Crippen molar-refractivity contribution in [3.05, 3.63) is 30.1 Å². The third-order valence-corrected chi connectivity index (χ3v) is 5.98. The zero-order valence-electron chi connectivity index (χ0n) is 14.2. The molecule has 0 aliphatic carbocycles. The van der Waals surface area contributed by atoms with Crippen LogP contribution >= 0.6 is 0 Å². The van der Waals surface area contributed by atoms with Crippen LogP contribution in [-0.2, 0) is 26.2 Å². The molecule has 0 spiro atoms. The van der Waals surface area contributed by atoms with Gasteiger partial charge in [0.05, 0.1) is 12.2 Å². The number of nitrogens with zero attached hydrogens (tertiary/aromatic N) is 4. The third-order valence-electron chi connectivity index (χ3n) is 4.68. The number of hydrogen-bond acceptors (Lipinski definition) is 5. The number of rotatable bonds is 4. The van der Waals surface area contributed by atoms with Gasteiger partial charge >= 0.3 is 0 Å². The van der Waals surface area contributed by atoms with Crippen LogP contribution in [0, 0.1) is 5.92 Å². The molecule has 0 unspecified atom stereocenters. The van der Waals surface area contributed by atoms with Crippen molar-refractivity contribution in [1.29, 1.82) is 0 Å². The maximum atomic E-state index is 12.7. The Labute approximate surface area is 147 Å². The lowest BCUT2D eigenvalue weighted by Crippen LogP contribution is -2.51. The fraction of sp³-hybridized carbons (Fsp3) is 0.562. The molecule has 0 bridgehead atoms. The van der Waals surface area contributed by atoms with Crippen LogP contribution < -0.4 is 0 Å². The van der Waals surface area contributed by atoms with Crippen molar-refractivity contribution in [1.82, 2.24) is 19.1 Å². The summed E-state index contributed by atoms with van der Waals surface area (Å²) < 4.78 is 24.5. The average Bonchev–Trinajstić information content (AvgIpc) is 2.95. The van der Waals surface area contributed by atoms with Crippen LogP contribution in [0.2, 0.25) is 0 Å². The van der Waals surface area contributed by atoms with Gasteiger partial charge in [0, 0.05) is 58.1 Å². The molecule has 2 amide bonds. The summed E-state index contributed by atoms with van der Waals surface area (Å²) in [4.78, 5) is 32.3. The molecule has 0 aromatic carbocycles. The summed E-state index contributed by atoms with van der Waals surface area (Å²) in [5.74, 6) is -0.443. The van der Waals surface area contributed by atoms with E-state index in [9.17, 15) is 18.0 Å². The second kappa shape index (κ2) is 7.09. The Bertz CT molecular complexity index is 745. The predicted octanol–water partition coefficient (Wildman–Crippen LogP) is -0.466. The highest BCUT2D eigenvalue weighted by Gasteiger charge is 2.37. The molecule has 25 heavy (non-hydrogen) atoms. The Balaban J connectivity index is 1.56. The van der Waals surface area contributed by atoms with E-state index in [2.05, 4.69) is 4.98 Å². The van der Waals surface area contributed by atoms with Gasteiger partial charge in [-0.25, -0.2) is 8.42 Å². The van der Waals surface area contributed by atoms with Crippen LogP contribution in [0.5, 0.6) is 0 Å². The van der Waals surface area contributed by atoms with Crippen molar-refractivity contribution in [3.63, 3.8) is 0 Å². The Morgan fingerprint density at radius 2 is 2.00 bits per heavy atom. The zero-order chi connectivity index (χ0) is 18.0. The van der Waals surface area contributed by atoms with Crippen LogP contribution in [0.3, 0.4) is 0 Å².